The molecule has 1 aliphatic carbocycles. The van der Waals surface area contributed by atoms with Crippen LogP contribution in [-0.2, 0) is 0 Å². The molecule has 2 atom stereocenters. The molecular formula is C19H26FN7O. The van der Waals surface area contributed by atoms with Crippen molar-refractivity contribution in [3.63, 3.8) is 0 Å². The number of hydrogen-bond donors (Lipinski definition) is 4. The smallest absolute Gasteiger partial charge is 0.252 e. The Balaban J connectivity index is 1.88. The fraction of sp³-hybridized carbons (Fsp3) is 0.421. The first-order valence-electron chi connectivity index (χ1n) is 9.28. The predicted molar refractivity (Wildman–Crippen MR) is 108 cm³/mol. The minimum absolute atomic E-state index is 0.0346. The summed E-state index contributed by atoms with van der Waals surface area (Å²) in [5.41, 5.74) is 12.1. The summed E-state index contributed by atoms with van der Waals surface area (Å²) in [6.07, 6.45) is 5.43. The summed E-state index contributed by atoms with van der Waals surface area (Å²) in [6, 6.07) is 4.57. The Labute approximate surface area is 163 Å². The monoisotopic (exact) mass is 387 g/mol. The average Bonchev–Trinajstić information content (AvgIpc) is 2.66. The first kappa shape index (κ1) is 19.8. The lowest BCUT2D eigenvalue weighted by atomic mass is 9.91. The highest BCUT2D eigenvalue weighted by Crippen LogP contribution is 2.27. The molecule has 2 aromatic heterocycles. The Hall–Kier alpha value is -2.94. The van der Waals surface area contributed by atoms with Crippen molar-refractivity contribution in [2.24, 2.45) is 11.5 Å². The second-order valence-corrected chi connectivity index (χ2v) is 7.20. The average molecular weight is 387 g/mol. The van der Waals surface area contributed by atoms with Crippen LogP contribution >= 0.6 is 0 Å². The van der Waals surface area contributed by atoms with Crippen LogP contribution in [0.4, 0.5) is 27.5 Å². The van der Waals surface area contributed by atoms with E-state index in [-0.39, 0.29) is 29.3 Å². The molecule has 0 aromatic carbocycles. The molecule has 9 heteroatoms. The predicted octanol–water partition coefficient (Wildman–Crippen LogP) is 2.21. The third-order valence-electron chi connectivity index (χ3n) is 4.85. The van der Waals surface area contributed by atoms with Crippen LogP contribution < -0.4 is 27.0 Å². The van der Waals surface area contributed by atoms with Crippen LogP contribution in [0.2, 0.25) is 0 Å². The molecule has 0 radical (unpaired) electrons. The number of halogens is 1. The molecule has 1 amide bonds. The zero-order valence-electron chi connectivity index (χ0n) is 16.1. The van der Waals surface area contributed by atoms with Gasteiger partial charge in [0.05, 0.1) is 17.4 Å². The summed E-state index contributed by atoms with van der Waals surface area (Å²) in [5.74, 6) is -0.417. The Kier molecular flexibility index (Phi) is 5.93. The molecule has 1 aliphatic rings. The zero-order chi connectivity index (χ0) is 20.3. The van der Waals surface area contributed by atoms with Crippen LogP contribution in [0.15, 0.2) is 24.4 Å². The second-order valence-electron chi connectivity index (χ2n) is 7.20. The third-order valence-corrected chi connectivity index (χ3v) is 4.85. The van der Waals surface area contributed by atoms with Crippen LogP contribution in [0.5, 0.6) is 0 Å². The van der Waals surface area contributed by atoms with Crippen LogP contribution in [0.3, 0.4) is 0 Å². The van der Waals surface area contributed by atoms with E-state index in [2.05, 4.69) is 20.6 Å². The van der Waals surface area contributed by atoms with Gasteiger partial charge in [-0.15, -0.1) is 0 Å². The number of pyridine rings is 2. The van der Waals surface area contributed by atoms with Crippen molar-refractivity contribution >= 4 is 29.0 Å². The van der Waals surface area contributed by atoms with Crippen LogP contribution in [-0.4, -0.2) is 42.1 Å². The van der Waals surface area contributed by atoms with Gasteiger partial charge in [0.2, 0.25) is 0 Å². The molecule has 150 valence electrons. The quantitative estimate of drug-likeness (QED) is 0.599. The number of rotatable bonds is 6. The highest BCUT2D eigenvalue weighted by Gasteiger charge is 2.24. The molecule has 28 heavy (non-hydrogen) atoms. The normalized spacial score (nSPS) is 19.1. The van der Waals surface area contributed by atoms with Gasteiger partial charge in [0.1, 0.15) is 11.6 Å². The Morgan fingerprint density at radius 2 is 2.00 bits per heavy atom. The van der Waals surface area contributed by atoms with E-state index in [1.165, 1.54) is 0 Å². The number of primary amides is 1. The van der Waals surface area contributed by atoms with Gasteiger partial charge < -0.3 is 27.0 Å². The second kappa shape index (κ2) is 8.39. The lowest BCUT2D eigenvalue weighted by Crippen LogP contribution is -2.43. The molecule has 0 spiro atoms. The van der Waals surface area contributed by atoms with E-state index in [9.17, 15) is 9.18 Å². The lowest BCUT2D eigenvalue weighted by Gasteiger charge is -2.30. The van der Waals surface area contributed by atoms with Crippen molar-refractivity contribution in [2.75, 3.05) is 29.6 Å². The lowest BCUT2D eigenvalue weighted by molar-refractivity contribution is 0.100. The highest BCUT2D eigenvalue weighted by molar-refractivity contribution is 5.98. The van der Waals surface area contributed by atoms with Crippen molar-refractivity contribution in [3.8, 4) is 0 Å². The van der Waals surface area contributed by atoms with Gasteiger partial charge in [-0.05, 0) is 31.0 Å². The number of nitrogens with one attached hydrogen (secondary N) is 2. The molecule has 0 saturated heterocycles. The fourth-order valence-electron chi connectivity index (χ4n) is 3.25. The van der Waals surface area contributed by atoms with Crippen molar-refractivity contribution < 1.29 is 9.18 Å². The van der Waals surface area contributed by atoms with Gasteiger partial charge in [-0.25, -0.2) is 14.4 Å². The Morgan fingerprint density at radius 3 is 2.61 bits per heavy atom. The van der Waals surface area contributed by atoms with E-state index in [0.29, 0.717) is 5.69 Å². The maximum atomic E-state index is 14.5. The molecule has 3 rings (SSSR count). The number of nitrogens with two attached hydrogens (primary N) is 2. The first-order valence-corrected chi connectivity index (χ1v) is 9.28. The molecule has 6 N–H and O–H groups in total. The standard InChI is InChI=1S/C19H26FN7O/c1-27(2)16-8-7-11(10-23-16)24-18-12(17(22)28)9-13(20)19(26-18)25-15-6-4-3-5-14(15)21/h7-10,14-15H,3-6,21H2,1-2H3,(H2,22,28)(H2,24,25,26)/t14-,15+/m0/s1. The number of aromatic nitrogens is 2. The van der Waals surface area contributed by atoms with Crippen molar-refractivity contribution in [1.82, 2.24) is 9.97 Å². The maximum Gasteiger partial charge on any atom is 0.252 e. The number of carbonyl (C=O) groups is 1. The molecule has 1 saturated carbocycles. The number of hydrogen-bond acceptors (Lipinski definition) is 7. The minimum Gasteiger partial charge on any atom is -0.365 e. The maximum absolute atomic E-state index is 14.5. The molecular weight excluding hydrogens is 361 g/mol. The Morgan fingerprint density at radius 1 is 1.25 bits per heavy atom. The summed E-state index contributed by atoms with van der Waals surface area (Å²) in [6.45, 7) is 0. The minimum atomic E-state index is -0.771. The first-order chi connectivity index (χ1) is 13.3. The summed E-state index contributed by atoms with van der Waals surface area (Å²) in [7, 11) is 3.77. The molecule has 2 heterocycles. The van der Waals surface area contributed by atoms with Gasteiger partial charge in [-0.3, -0.25) is 4.79 Å². The zero-order valence-corrected chi connectivity index (χ0v) is 16.1. The van der Waals surface area contributed by atoms with Crippen LogP contribution in [0.1, 0.15) is 36.0 Å². The van der Waals surface area contributed by atoms with E-state index < -0.39 is 11.7 Å². The van der Waals surface area contributed by atoms with E-state index >= 15 is 0 Å². The largest absolute Gasteiger partial charge is 0.365 e. The molecule has 0 aliphatic heterocycles. The summed E-state index contributed by atoms with van der Waals surface area (Å²) < 4.78 is 14.5. The fourth-order valence-corrected chi connectivity index (χ4v) is 3.25. The number of anilines is 4. The van der Waals surface area contributed by atoms with E-state index in [1.54, 1.807) is 12.3 Å². The van der Waals surface area contributed by atoms with Gasteiger partial charge >= 0.3 is 0 Å². The number of nitrogens with zero attached hydrogens (tertiary/aromatic N) is 3. The number of amides is 1. The van der Waals surface area contributed by atoms with E-state index in [4.69, 9.17) is 11.5 Å². The van der Waals surface area contributed by atoms with Gasteiger partial charge in [0.15, 0.2) is 11.6 Å². The van der Waals surface area contributed by atoms with Gasteiger partial charge in [0, 0.05) is 26.2 Å². The Bertz CT molecular complexity index is 841. The van der Waals surface area contributed by atoms with Crippen LogP contribution in [0, 0.1) is 5.82 Å². The molecule has 0 unspecified atom stereocenters. The summed E-state index contributed by atoms with van der Waals surface area (Å²) in [5, 5.41) is 6.09. The van der Waals surface area contributed by atoms with Crippen molar-refractivity contribution in [3.05, 3.63) is 35.8 Å². The SMILES string of the molecule is CN(C)c1ccc(Nc2nc(N[C@@H]3CCCC[C@@H]3N)c(F)cc2C(N)=O)cn1. The highest BCUT2D eigenvalue weighted by atomic mass is 19.1. The van der Waals surface area contributed by atoms with Crippen molar-refractivity contribution in [1.29, 1.82) is 0 Å². The van der Waals surface area contributed by atoms with Crippen molar-refractivity contribution in [2.45, 2.75) is 37.8 Å². The summed E-state index contributed by atoms with van der Waals surface area (Å²) >= 11 is 0. The molecule has 0 bridgehead atoms. The number of carbonyl (C=O) groups excluding carboxylic acids is 1. The molecule has 8 nitrogen and oxygen atoms in total. The topological polar surface area (TPSA) is 122 Å². The third kappa shape index (κ3) is 4.48. The van der Waals surface area contributed by atoms with E-state index in [0.717, 1.165) is 37.6 Å². The van der Waals surface area contributed by atoms with Gasteiger partial charge in [-0.1, -0.05) is 12.8 Å². The van der Waals surface area contributed by atoms with E-state index in [1.807, 2.05) is 25.1 Å². The molecule has 2 aromatic rings. The summed E-state index contributed by atoms with van der Waals surface area (Å²) in [4.78, 5) is 22.2. The van der Waals surface area contributed by atoms with Gasteiger partial charge in [-0.2, -0.15) is 0 Å². The van der Waals surface area contributed by atoms with Crippen LogP contribution in [0.25, 0.3) is 0 Å². The van der Waals surface area contributed by atoms with Gasteiger partial charge in [0.25, 0.3) is 5.91 Å². The molecule has 1 fully saturated rings.